The first-order valence-corrected chi connectivity index (χ1v) is 22.9. The largest absolute Gasteiger partial charge is 0.456 e. The van der Waals surface area contributed by atoms with E-state index < -0.39 is 72.6 Å². The zero-order valence-electron chi connectivity index (χ0n) is 34.7. The minimum Gasteiger partial charge on any atom is -0.456 e. The van der Waals surface area contributed by atoms with E-state index >= 15 is 0 Å². The van der Waals surface area contributed by atoms with Gasteiger partial charge in [0.15, 0.2) is 0 Å². The number of quaternary nitrogens is 1. The summed E-state index contributed by atoms with van der Waals surface area (Å²) in [7, 11) is 0. The number of hydrogen-bond donors (Lipinski definition) is 9. The number of rotatable bonds is 7. The van der Waals surface area contributed by atoms with Crippen molar-refractivity contribution in [3.63, 3.8) is 0 Å². The number of hydrogen-bond acceptors (Lipinski definition) is 13. The molecule has 0 amide bonds. The Hall–Kier alpha value is -1.56. The number of fused-ring (bicyclic) bond motifs is 5. The molecule has 21 atom stereocenters. The van der Waals surface area contributed by atoms with Crippen LogP contribution in [-0.2, 0) is 23.8 Å². The van der Waals surface area contributed by atoms with Crippen LogP contribution in [0.15, 0.2) is 11.6 Å². The van der Waals surface area contributed by atoms with Gasteiger partial charge in [0.25, 0.3) is 0 Å². The number of esters is 1. The molecule has 3 aliphatic carbocycles. The summed E-state index contributed by atoms with van der Waals surface area (Å²) >= 11 is 0. The average Bonchev–Trinajstić information content (AvgIpc) is 3.25. The van der Waals surface area contributed by atoms with Gasteiger partial charge < -0.3 is 56.1 Å². The predicted molar refractivity (Wildman–Crippen MR) is 212 cm³/mol. The van der Waals surface area contributed by atoms with Gasteiger partial charge in [0, 0.05) is 37.2 Å². The number of aliphatic hydroxyl groups excluding tert-OH is 5. The van der Waals surface area contributed by atoms with Crippen LogP contribution >= 0.6 is 0 Å². The maximum absolute atomic E-state index is 14.3. The van der Waals surface area contributed by atoms with Crippen LogP contribution in [-0.4, -0.2) is 125 Å². The first kappa shape index (κ1) is 43.1. The summed E-state index contributed by atoms with van der Waals surface area (Å²) in [6.07, 6.45) is 5.30. The summed E-state index contributed by atoms with van der Waals surface area (Å²) in [5.41, 5.74) is 12.8. The summed E-state index contributed by atoms with van der Waals surface area (Å²) < 4.78 is 21.1. The topological polar surface area (TPSA) is 244 Å². The molecule has 8 fully saturated rings. The zero-order chi connectivity index (χ0) is 41.0. The number of ketones is 1. The third-order valence-corrected chi connectivity index (χ3v) is 17.4. The molecule has 0 aromatic rings. The first-order chi connectivity index (χ1) is 27.9. The predicted octanol–water partition coefficient (Wildman–Crippen LogP) is -0.0830. The summed E-state index contributed by atoms with van der Waals surface area (Å²) in [6, 6.07) is 0. The minimum absolute atomic E-state index is 0.0100. The number of allylic oxidation sites excluding steroid dienone is 1. The molecule has 3 saturated carbocycles. The van der Waals surface area contributed by atoms with Gasteiger partial charge >= 0.3 is 5.97 Å². The van der Waals surface area contributed by atoms with Crippen LogP contribution < -0.4 is 22.1 Å². The summed E-state index contributed by atoms with van der Waals surface area (Å²) in [5.74, 6) is -2.50. The fourth-order valence-electron chi connectivity index (χ4n) is 14.5. The van der Waals surface area contributed by atoms with Gasteiger partial charge in [-0.1, -0.05) is 6.08 Å². The SMILES string of the molecule is CC=C(CO)C(=O)O[C@H]1CC2C(O)C3C(=O)CC(CO)OC3C3C2O[C@@]1(C)[C@H](CC1CCC(N)[NH2+]C1)CC1CCC2CCC(O)CC2C(CO)C3C2CCNC(N)C12. The number of nitrogens with one attached hydrogen (secondary N) is 1. The average molecular weight is 818 g/mol. The number of nitrogens with two attached hydrogens (primary N) is 3. The van der Waals surface area contributed by atoms with E-state index in [-0.39, 0.29) is 97.1 Å². The van der Waals surface area contributed by atoms with Gasteiger partial charge in [-0.15, -0.1) is 0 Å². The molecule has 0 spiro atoms. The van der Waals surface area contributed by atoms with E-state index in [1.165, 1.54) is 0 Å². The number of aliphatic hydroxyl groups is 5. The number of carbonyl (C=O) groups is 2. The Kier molecular flexibility index (Phi) is 13.1. The van der Waals surface area contributed by atoms with E-state index in [2.05, 4.69) is 17.6 Å². The molecule has 14 nitrogen and oxygen atoms in total. The molecule has 5 saturated heterocycles. The third kappa shape index (κ3) is 7.77. The Morgan fingerprint density at radius 3 is 2.41 bits per heavy atom. The lowest BCUT2D eigenvalue weighted by atomic mass is 9.50. The lowest BCUT2D eigenvalue weighted by molar-refractivity contribution is -0.703. The molecular weight excluding hydrogens is 745 g/mol. The fourth-order valence-corrected chi connectivity index (χ4v) is 14.5. The Bertz CT molecular complexity index is 1500. The van der Waals surface area contributed by atoms with Crippen molar-refractivity contribution < 1.29 is 54.6 Å². The molecule has 8 aliphatic rings. The lowest BCUT2D eigenvalue weighted by Gasteiger charge is -2.63. The van der Waals surface area contributed by atoms with Crippen LogP contribution in [0.3, 0.4) is 0 Å². The molecule has 12 N–H and O–H groups in total. The molecule has 0 radical (unpaired) electrons. The zero-order valence-corrected chi connectivity index (χ0v) is 34.7. The van der Waals surface area contributed by atoms with Crippen LogP contribution in [0, 0.1) is 71.0 Å². The van der Waals surface area contributed by atoms with Gasteiger partial charge in [0.05, 0.1) is 67.9 Å². The molecule has 14 heteroatoms. The summed E-state index contributed by atoms with van der Waals surface area (Å²) in [6.45, 7) is 4.45. The minimum atomic E-state index is -1.16. The van der Waals surface area contributed by atoms with Crippen molar-refractivity contribution in [2.75, 3.05) is 32.9 Å². The van der Waals surface area contributed by atoms with Crippen LogP contribution in [0.4, 0.5) is 0 Å². The quantitative estimate of drug-likeness (QED) is 0.121. The Balaban J connectivity index is 1.34. The van der Waals surface area contributed by atoms with Crippen LogP contribution in [0.1, 0.15) is 90.9 Å². The van der Waals surface area contributed by atoms with Crippen molar-refractivity contribution in [3.05, 3.63) is 11.6 Å². The van der Waals surface area contributed by atoms with E-state index in [1.807, 2.05) is 0 Å². The second-order valence-corrected chi connectivity index (χ2v) is 20.1. The molecule has 8 rings (SSSR count). The standard InChI is InChI=1S/C44H72N4O10/c1-3-22(18-49)43(55)57-33-16-30-39(54)37-32(53)15-27(19-50)56-41(37)38-36-28-10-11-47-42(46)35(28)24(6-5-23-7-8-26(52)14-29(23)31(36)20-51)13-25(44(33,2)58-40(30)38)12-21-4-9-34(45)48-17-21/h3,21,23-31,33-42,47-52,54H,4-20,45-46H2,1-2H3/p+1/t21?,23?,24?,25-,26?,27?,28?,29?,30?,31?,33+,34?,35?,36?,37?,38?,39?,40?,41?,42?,44+/m1/s1. The molecule has 0 aromatic carbocycles. The second kappa shape index (κ2) is 17.7. The molecule has 5 aliphatic heterocycles. The first-order valence-electron chi connectivity index (χ1n) is 22.9. The van der Waals surface area contributed by atoms with E-state index in [0.717, 1.165) is 64.3 Å². The van der Waals surface area contributed by atoms with Gasteiger partial charge in [-0.05, 0) is 132 Å². The van der Waals surface area contributed by atoms with E-state index in [4.69, 9.17) is 25.7 Å². The van der Waals surface area contributed by atoms with Crippen LogP contribution in [0.2, 0.25) is 0 Å². The van der Waals surface area contributed by atoms with Gasteiger partial charge in [-0.3, -0.25) is 10.5 Å². The highest BCUT2D eigenvalue weighted by atomic mass is 16.6. The van der Waals surface area contributed by atoms with Crippen LogP contribution in [0.5, 0.6) is 0 Å². The Morgan fingerprint density at radius 1 is 0.931 bits per heavy atom. The molecule has 4 bridgehead atoms. The number of ether oxygens (including phenoxy) is 3. The highest BCUT2D eigenvalue weighted by Crippen LogP contribution is 2.61. The van der Waals surface area contributed by atoms with Gasteiger partial charge in [-0.25, -0.2) is 4.79 Å². The Morgan fingerprint density at radius 2 is 1.71 bits per heavy atom. The molecule has 5 heterocycles. The smallest absolute Gasteiger partial charge is 0.336 e. The molecule has 58 heavy (non-hydrogen) atoms. The van der Waals surface area contributed by atoms with Crippen molar-refractivity contribution in [1.82, 2.24) is 5.32 Å². The van der Waals surface area contributed by atoms with Crippen molar-refractivity contribution in [3.8, 4) is 0 Å². The number of carbonyl (C=O) groups excluding carboxylic acids is 2. The summed E-state index contributed by atoms with van der Waals surface area (Å²) in [4.78, 5) is 28.2. The van der Waals surface area contributed by atoms with Gasteiger partial charge in [0.2, 0.25) is 0 Å². The van der Waals surface area contributed by atoms with E-state index in [1.54, 1.807) is 13.0 Å². The maximum atomic E-state index is 14.3. The van der Waals surface area contributed by atoms with Gasteiger partial charge in [0.1, 0.15) is 23.7 Å². The maximum Gasteiger partial charge on any atom is 0.336 e. The lowest BCUT2D eigenvalue weighted by Crippen LogP contribution is -2.95. The molecular formula is C44H73N4O10+. The van der Waals surface area contributed by atoms with Crippen molar-refractivity contribution in [1.29, 1.82) is 0 Å². The molecule has 0 aromatic heterocycles. The molecule has 18 unspecified atom stereocenters. The number of piperidine rings is 2. The Labute approximate surface area is 343 Å². The van der Waals surface area contributed by atoms with E-state index in [0.29, 0.717) is 18.9 Å². The molecule has 328 valence electrons. The van der Waals surface area contributed by atoms with E-state index in [9.17, 15) is 35.1 Å². The number of Topliss-reactive ketones (excluding diaryl/α,β-unsaturated/α-hetero) is 1. The van der Waals surface area contributed by atoms with Crippen molar-refractivity contribution in [2.45, 2.75) is 145 Å². The second-order valence-electron chi connectivity index (χ2n) is 20.1. The third-order valence-electron chi connectivity index (χ3n) is 17.4. The van der Waals surface area contributed by atoms with Crippen LogP contribution in [0.25, 0.3) is 0 Å². The summed E-state index contributed by atoms with van der Waals surface area (Å²) in [5, 5.41) is 62.1. The highest BCUT2D eigenvalue weighted by molar-refractivity contribution is 5.88. The van der Waals surface area contributed by atoms with Crippen molar-refractivity contribution in [2.24, 2.45) is 82.5 Å². The van der Waals surface area contributed by atoms with Gasteiger partial charge in [-0.2, -0.15) is 0 Å². The monoisotopic (exact) mass is 818 g/mol. The van der Waals surface area contributed by atoms with Crippen molar-refractivity contribution >= 4 is 11.8 Å². The normalized spacial score (nSPS) is 50.9. The highest BCUT2D eigenvalue weighted by Gasteiger charge is 2.67. The fraction of sp³-hybridized carbons (Fsp3) is 0.909.